The number of pyridine rings is 1. The van der Waals surface area contributed by atoms with E-state index in [2.05, 4.69) is 11.6 Å². The van der Waals surface area contributed by atoms with Gasteiger partial charge in [-0.2, -0.15) is 0 Å². The highest BCUT2D eigenvalue weighted by Gasteiger charge is 2.52. The fraction of sp³-hybridized carbons (Fsp3) is 0.462. The lowest BCUT2D eigenvalue weighted by Crippen LogP contribution is -2.41. The van der Waals surface area contributed by atoms with E-state index in [4.69, 9.17) is 20.9 Å². The summed E-state index contributed by atoms with van der Waals surface area (Å²) < 4.78 is 12.0. The molecule has 0 spiro atoms. The Morgan fingerprint density at radius 1 is 1.28 bits per heavy atom. The van der Waals surface area contributed by atoms with Crippen LogP contribution in [0.4, 0.5) is 0 Å². The van der Waals surface area contributed by atoms with Crippen LogP contribution in [-0.4, -0.2) is 23.3 Å². The van der Waals surface area contributed by atoms with Gasteiger partial charge in [-0.05, 0) is 39.3 Å². The predicted molar refractivity (Wildman–Crippen MR) is 75.1 cm³/mol. The summed E-state index contributed by atoms with van der Waals surface area (Å²) >= 11 is 5.87. The molecular weight excluding hydrogens is 248 g/mol. The number of hydrogen-bond acceptors (Lipinski definition) is 3. The third-order valence-corrected chi connectivity index (χ3v) is 3.87. The Hall–Kier alpha value is -0.835. The normalized spacial score (nSPS) is 21.1. The van der Waals surface area contributed by atoms with E-state index in [-0.39, 0.29) is 11.2 Å². The van der Waals surface area contributed by atoms with Gasteiger partial charge in [0.1, 0.15) is 5.15 Å². The Kier molecular flexibility index (Phi) is 3.30. The quantitative estimate of drug-likeness (QED) is 0.608. The van der Waals surface area contributed by atoms with E-state index in [9.17, 15) is 0 Å². The minimum atomic E-state index is -0.437. The summed E-state index contributed by atoms with van der Waals surface area (Å²) in [6, 6.07) is 1.76. The molecule has 0 saturated carbocycles. The summed E-state index contributed by atoms with van der Waals surface area (Å²) in [4.78, 5) is 4.09. The van der Waals surface area contributed by atoms with E-state index in [1.807, 2.05) is 27.7 Å². The molecule has 0 atom stereocenters. The Morgan fingerprint density at radius 3 is 2.33 bits per heavy atom. The molecule has 1 aromatic rings. The zero-order valence-corrected chi connectivity index (χ0v) is 11.9. The summed E-state index contributed by atoms with van der Waals surface area (Å²) in [5.74, 6) is 0. The van der Waals surface area contributed by atoms with Crippen LogP contribution in [0.25, 0.3) is 6.08 Å². The SMILES string of the molecule is C=Cc1cc(Cl)ncc1B1OC(C)(C)C(C)(C)O1. The van der Waals surface area contributed by atoms with Gasteiger partial charge >= 0.3 is 7.12 Å². The molecule has 96 valence electrons. The molecule has 5 heteroatoms. The van der Waals surface area contributed by atoms with Gasteiger partial charge in [-0.1, -0.05) is 24.3 Å². The second kappa shape index (κ2) is 4.37. The van der Waals surface area contributed by atoms with Crippen LogP contribution in [0.1, 0.15) is 33.3 Å². The maximum absolute atomic E-state index is 5.98. The monoisotopic (exact) mass is 265 g/mol. The lowest BCUT2D eigenvalue weighted by molar-refractivity contribution is 0.00578. The van der Waals surface area contributed by atoms with E-state index >= 15 is 0 Å². The van der Waals surface area contributed by atoms with Crippen LogP contribution in [0, 0.1) is 0 Å². The first kappa shape index (κ1) is 13.6. The summed E-state index contributed by atoms with van der Waals surface area (Å²) in [6.45, 7) is 11.9. The molecule has 1 aromatic heterocycles. The first-order chi connectivity index (χ1) is 8.27. The summed E-state index contributed by atoms with van der Waals surface area (Å²) in [5.41, 5.74) is 1.01. The van der Waals surface area contributed by atoms with Gasteiger partial charge in [0.25, 0.3) is 0 Å². The van der Waals surface area contributed by atoms with Crippen molar-refractivity contribution in [3.63, 3.8) is 0 Å². The molecule has 1 saturated heterocycles. The molecule has 0 radical (unpaired) electrons. The summed E-state index contributed by atoms with van der Waals surface area (Å²) in [6.07, 6.45) is 3.41. The fourth-order valence-electron chi connectivity index (χ4n) is 1.80. The molecule has 1 aliphatic rings. The van der Waals surface area contributed by atoms with Crippen molar-refractivity contribution in [2.45, 2.75) is 38.9 Å². The molecule has 0 amide bonds. The number of hydrogen-bond donors (Lipinski definition) is 0. The topological polar surface area (TPSA) is 31.4 Å². The second-order valence-corrected chi connectivity index (χ2v) is 5.82. The van der Waals surface area contributed by atoms with Gasteiger partial charge in [0.05, 0.1) is 11.2 Å². The number of rotatable bonds is 2. The average molecular weight is 266 g/mol. The number of halogens is 1. The van der Waals surface area contributed by atoms with Crippen molar-refractivity contribution in [2.24, 2.45) is 0 Å². The van der Waals surface area contributed by atoms with Crippen molar-refractivity contribution in [1.29, 1.82) is 0 Å². The summed E-state index contributed by atoms with van der Waals surface area (Å²) in [5, 5.41) is 0.435. The third kappa shape index (κ3) is 2.20. The van der Waals surface area contributed by atoms with Crippen LogP contribution in [0.15, 0.2) is 18.8 Å². The lowest BCUT2D eigenvalue weighted by atomic mass is 9.77. The highest BCUT2D eigenvalue weighted by atomic mass is 35.5. The summed E-state index contributed by atoms with van der Waals surface area (Å²) in [7, 11) is -0.437. The maximum Gasteiger partial charge on any atom is 0.497 e. The van der Waals surface area contributed by atoms with E-state index in [1.54, 1.807) is 18.3 Å². The van der Waals surface area contributed by atoms with Gasteiger partial charge in [-0.3, -0.25) is 0 Å². The van der Waals surface area contributed by atoms with Crippen LogP contribution in [-0.2, 0) is 9.31 Å². The predicted octanol–water partition coefficient (Wildman–Crippen LogP) is 2.68. The smallest absolute Gasteiger partial charge is 0.399 e. The molecule has 2 heterocycles. The molecule has 3 nitrogen and oxygen atoms in total. The minimum Gasteiger partial charge on any atom is -0.399 e. The standard InChI is InChI=1S/C13H17BClNO2/c1-6-9-7-11(15)16-8-10(9)14-17-12(2,3)13(4,5)18-14/h6-8H,1H2,2-5H3. The van der Waals surface area contributed by atoms with Crippen molar-refractivity contribution in [2.75, 3.05) is 0 Å². The molecule has 2 rings (SSSR count). The maximum atomic E-state index is 5.98. The Balaban J connectivity index is 2.38. The molecule has 1 fully saturated rings. The molecule has 0 N–H and O–H groups in total. The average Bonchev–Trinajstić information content (AvgIpc) is 2.47. The largest absolute Gasteiger partial charge is 0.497 e. The van der Waals surface area contributed by atoms with Crippen molar-refractivity contribution < 1.29 is 9.31 Å². The number of nitrogens with zero attached hydrogens (tertiary/aromatic N) is 1. The van der Waals surface area contributed by atoms with Crippen molar-refractivity contribution in [1.82, 2.24) is 4.98 Å². The van der Waals surface area contributed by atoms with Gasteiger partial charge in [-0.25, -0.2) is 4.98 Å². The van der Waals surface area contributed by atoms with Crippen molar-refractivity contribution >= 4 is 30.3 Å². The van der Waals surface area contributed by atoms with Gasteiger partial charge < -0.3 is 9.31 Å². The van der Waals surface area contributed by atoms with E-state index in [0.29, 0.717) is 5.15 Å². The van der Waals surface area contributed by atoms with Gasteiger partial charge in [0, 0.05) is 11.7 Å². The van der Waals surface area contributed by atoms with Crippen molar-refractivity contribution in [3.8, 4) is 0 Å². The molecular formula is C13H17BClNO2. The second-order valence-electron chi connectivity index (χ2n) is 5.43. The molecule has 0 aromatic carbocycles. The first-order valence-corrected chi connectivity index (χ1v) is 6.28. The third-order valence-electron chi connectivity index (χ3n) is 3.66. The Morgan fingerprint density at radius 2 is 1.83 bits per heavy atom. The van der Waals surface area contributed by atoms with Crippen molar-refractivity contribution in [3.05, 3.63) is 29.6 Å². The van der Waals surface area contributed by atoms with E-state index in [1.165, 1.54) is 0 Å². The van der Waals surface area contributed by atoms with E-state index in [0.717, 1.165) is 11.0 Å². The zero-order valence-electron chi connectivity index (χ0n) is 11.2. The highest BCUT2D eigenvalue weighted by molar-refractivity contribution is 6.63. The zero-order chi connectivity index (χ0) is 13.6. The van der Waals surface area contributed by atoms with Gasteiger partial charge in [0.2, 0.25) is 0 Å². The number of aromatic nitrogens is 1. The highest BCUT2D eigenvalue weighted by Crippen LogP contribution is 2.36. The molecule has 0 unspecified atom stereocenters. The first-order valence-electron chi connectivity index (χ1n) is 5.90. The van der Waals surface area contributed by atoms with E-state index < -0.39 is 7.12 Å². The van der Waals surface area contributed by atoms with Crippen LogP contribution >= 0.6 is 11.6 Å². The molecule has 1 aliphatic heterocycles. The molecule has 18 heavy (non-hydrogen) atoms. The lowest BCUT2D eigenvalue weighted by Gasteiger charge is -2.32. The van der Waals surface area contributed by atoms with Crippen LogP contribution in [0.2, 0.25) is 5.15 Å². The molecule has 0 aliphatic carbocycles. The van der Waals surface area contributed by atoms with Crippen LogP contribution in [0.5, 0.6) is 0 Å². The molecule has 0 bridgehead atoms. The Labute approximate surface area is 113 Å². The van der Waals surface area contributed by atoms with Gasteiger partial charge in [0.15, 0.2) is 0 Å². The van der Waals surface area contributed by atoms with Crippen LogP contribution in [0.3, 0.4) is 0 Å². The Bertz CT molecular complexity index is 472. The van der Waals surface area contributed by atoms with Crippen LogP contribution < -0.4 is 5.46 Å². The minimum absolute atomic E-state index is 0.365. The van der Waals surface area contributed by atoms with Gasteiger partial charge in [-0.15, -0.1) is 0 Å². The fourth-order valence-corrected chi connectivity index (χ4v) is 1.96.